The summed E-state index contributed by atoms with van der Waals surface area (Å²) < 4.78 is 5.62. The average molecular weight is 284 g/mol. The molecule has 0 fully saturated rings. The van der Waals surface area contributed by atoms with E-state index in [4.69, 9.17) is 4.42 Å². The van der Waals surface area contributed by atoms with E-state index in [1.807, 2.05) is 13.0 Å². The number of rotatable bonds is 2. The molecule has 0 unspecified atom stereocenters. The first-order valence-corrected chi connectivity index (χ1v) is 6.30. The molecule has 106 valence electrons. The third-order valence-corrected chi connectivity index (χ3v) is 3.27. The Morgan fingerprint density at radius 3 is 2.71 bits per heavy atom. The van der Waals surface area contributed by atoms with Gasteiger partial charge in [-0.1, -0.05) is 11.6 Å². The van der Waals surface area contributed by atoms with Crippen LogP contribution in [0.3, 0.4) is 0 Å². The van der Waals surface area contributed by atoms with Crippen LogP contribution in [0.2, 0.25) is 0 Å². The van der Waals surface area contributed by atoms with E-state index in [2.05, 4.69) is 10.3 Å². The number of carbonyl (C=O) groups is 1. The van der Waals surface area contributed by atoms with Crippen LogP contribution in [0.25, 0.3) is 22.1 Å². The van der Waals surface area contributed by atoms with Gasteiger partial charge in [-0.2, -0.15) is 0 Å². The smallest absolute Gasteiger partial charge is 0.339 e. The Hall–Kier alpha value is -2.89. The average Bonchev–Trinajstić information content (AvgIpc) is 2.47. The predicted octanol–water partition coefficient (Wildman–Crippen LogP) is 2.39. The molecule has 0 spiro atoms. The molecule has 3 rings (SSSR count). The fraction of sp³-hybridized carbons (Fsp3) is 0.133. The Labute approximate surface area is 119 Å². The van der Waals surface area contributed by atoms with Gasteiger partial charge in [-0.3, -0.25) is 4.79 Å². The number of carboxylic acids is 1. The Kier molecular flexibility index (Phi) is 2.86. The first kappa shape index (κ1) is 13.1. The van der Waals surface area contributed by atoms with Crippen molar-refractivity contribution in [3.8, 4) is 0 Å². The van der Waals surface area contributed by atoms with Crippen molar-refractivity contribution in [1.29, 1.82) is 0 Å². The lowest BCUT2D eigenvalue weighted by molar-refractivity contribution is 0.0697. The van der Waals surface area contributed by atoms with Gasteiger partial charge in [0, 0.05) is 13.1 Å². The zero-order valence-electron chi connectivity index (χ0n) is 11.4. The van der Waals surface area contributed by atoms with Crippen LogP contribution >= 0.6 is 0 Å². The Bertz CT molecular complexity index is 944. The molecule has 21 heavy (non-hydrogen) atoms. The second kappa shape index (κ2) is 4.59. The summed E-state index contributed by atoms with van der Waals surface area (Å²) in [6.45, 7) is 1.88. The molecule has 0 saturated carbocycles. The van der Waals surface area contributed by atoms with Crippen molar-refractivity contribution in [2.75, 3.05) is 12.4 Å². The fourth-order valence-corrected chi connectivity index (χ4v) is 2.25. The van der Waals surface area contributed by atoms with E-state index in [1.54, 1.807) is 19.2 Å². The van der Waals surface area contributed by atoms with Crippen molar-refractivity contribution in [3.63, 3.8) is 0 Å². The quantitative estimate of drug-likeness (QED) is 0.702. The van der Waals surface area contributed by atoms with Gasteiger partial charge in [0.05, 0.1) is 5.39 Å². The van der Waals surface area contributed by atoms with Gasteiger partial charge in [0.25, 0.3) is 0 Å². The molecule has 0 atom stereocenters. The SMILES string of the molecule is CNc1nc2c(=O)c3cc(C)ccc3oc2cc1C(=O)O. The highest BCUT2D eigenvalue weighted by Crippen LogP contribution is 2.22. The number of nitrogens with zero attached hydrogens (tertiary/aromatic N) is 1. The number of aromatic carboxylic acids is 1. The van der Waals surface area contributed by atoms with E-state index in [9.17, 15) is 14.7 Å². The maximum Gasteiger partial charge on any atom is 0.339 e. The van der Waals surface area contributed by atoms with Crippen molar-refractivity contribution in [3.05, 3.63) is 45.6 Å². The zero-order valence-corrected chi connectivity index (χ0v) is 11.4. The number of aryl methyl sites for hydroxylation is 1. The summed E-state index contributed by atoms with van der Waals surface area (Å²) in [5, 5.41) is 12.3. The van der Waals surface area contributed by atoms with E-state index in [0.29, 0.717) is 11.0 Å². The normalized spacial score (nSPS) is 11.0. The van der Waals surface area contributed by atoms with Gasteiger partial charge in [-0.05, 0) is 19.1 Å². The number of carboxylic acid groups (broad SMARTS) is 1. The van der Waals surface area contributed by atoms with Crippen LogP contribution in [0.5, 0.6) is 0 Å². The summed E-state index contributed by atoms with van der Waals surface area (Å²) in [5.41, 5.74) is 1.30. The number of pyridine rings is 1. The van der Waals surface area contributed by atoms with Crippen LogP contribution in [0.15, 0.2) is 33.5 Å². The molecule has 2 heterocycles. The molecule has 6 nitrogen and oxygen atoms in total. The molecule has 0 aliphatic heterocycles. The van der Waals surface area contributed by atoms with Gasteiger partial charge in [-0.15, -0.1) is 0 Å². The third-order valence-electron chi connectivity index (χ3n) is 3.27. The monoisotopic (exact) mass is 284 g/mol. The van der Waals surface area contributed by atoms with Gasteiger partial charge in [0.1, 0.15) is 17.0 Å². The van der Waals surface area contributed by atoms with Crippen LogP contribution < -0.4 is 10.7 Å². The summed E-state index contributed by atoms with van der Waals surface area (Å²) in [7, 11) is 1.55. The minimum absolute atomic E-state index is 0.0420. The van der Waals surface area contributed by atoms with Crippen molar-refractivity contribution < 1.29 is 14.3 Å². The first-order chi connectivity index (χ1) is 10.0. The van der Waals surface area contributed by atoms with Crippen LogP contribution in [-0.4, -0.2) is 23.1 Å². The highest BCUT2D eigenvalue weighted by Gasteiger charge is 2.16. The molecule has 0 aliphatic rings. The fourth-order valence-electron chi connectivity index (χ4n) is 2.25. The standard InChI is InChI=1S/C15H12N2O4/c1-7-3-4-10-8(5-7)13(18)12-11(21-10)6-9(15(19)20)14(16-2)17-12/h3-6H,1-2H3,(H,16,17)(H,19,20). The summed E-state index contributed by atoms with van der Waals surface area (Å²) in [4.78, 5) is 27.8. The second-order valence-corrected chi connectivity index (χ2v) is 4.72. The largest absolute Gasteiger partial charge is 0.478 e. The summed E-state index contributed by atoms with van der Waals surface area (Å²) in [6, 6.07) is 6.56. The number of benzene rings is 1. The van der Waals surface area contributed by atoms with Gasteiger partial charge in [-0.25, -0.2) is 9.78 Å². The lowest BCUT2D eigenvalue weighted by Crippen LogP contribution is -2.10. The van der Waals surface area contributed by atoms with Gasteiger partial charge >= 0.3 is 5.97 Å². The number of hydrogen-bond donors (Lipinski definition) is 2. The minimum Gasteiger partial charge on any atom is -0.478 e. The Morgan fingerprint density at radius 2 is 2.05 bits per heavy atom. The maximum atomic E-state index is 12.5. The van der Waals surface area contributed by atoms with Crippen molar-refractivity contribution in [2.45, 2.75) is 6.92 Å². The van der Waals surface area contributed by atoms with E-state index in [-0.39, 0.29) is 27.9 Å². The van der Waals surface area contributed by atoms with E-state index >= 15 is 0 Å². The molecule has 1 aromatic carbocycles. The van der Waals surface area contributed by atoms with E-state index in [0.717, 1.165) is 5.56 Å². The molecule has 2 N–H and O–H groups in total. The summed E-state index contributed by atoms with van der Waals surface area (Å²) >= 11 is 0. The second-order valence-electron chi connectivity index (χ2n) is 4.72. The van der Waals surface area contributed by atoms with E-state index < -0.39 is 5.97 Å². The van der Waals surface area contributed by atoms with Crippen LogP contribution in [0.1, 0.15) is 15.9 Å². The van der Waals surface area contributed by atoms with Crippen LogP contribution in [-0.2, 0) is 0 Å². The van der Waals surface area contributed by atoms with E-state index in [1.165, 1.54) is 6.07 Å². The number of nitrogens with one attached hydrogen (secondary N) is 1. The molecule has 0 radical (unpaired) electrons. The van der Waals surface area contributed by atoms with Crippen molar-refractivity contribution in [1.82, 2.24) is 4.98 Å². The highest BCUT2D eigenvalue weighted by molar-refractivity contribution is 5.98. The molecule has 0 amide bonds. The van der Waals surface area contributed by atoms with Gasteiger partial charge in [0.15, 0.2) is 11.1 Å². The van der Waals surface area contributed by atoms with Crippen molar-refractivity contribution in [2.24, 2.45) is 0 Å². The van der Waals surface area contributed by atoms with Crippen LogP contribution in [0, 0.1) is 6.92 Å². The molecule has 6 heteroatoms. The molecule has 2 aromatic heterocycles. The molecular weight excluding hydrogens is 272 g/mol. The lowest BCUT2D eigenvalue weighted by atomic mass is 10.1. The molecule has 3 aromatic rings. The van der Waals surface area contributed by atoms with Crippen LogP contribution in [0.4, 0.5) is 5.82 Å². The third kappa shape index (κ3) is 2.01. The number of fused-ring (bicyclic) bond motifs is 2. The Morgan fingerprint density at radius 1 is 1.29 bits per heavy atom. The zero-order chi connectivity index (χ0) is 15.1. The molecule has 0 saturated heterocycles. The first-order valence-electron chi connectivity index (χ1n) is 6.30. The lowest BCUT2D eigenvalue weighted by Gasteiger charge is -2.07. The topological polar surface area (TPSA) is 92.4 Å². The van der Waals surface area contributed by atoms with Crippen molar-refractivity contribution >= 4 is 33.9 Å². The van der Waals surface area contributed by atoms with Gasteiger partial charge in [0.2, 0.25) is 5.43 Å². The summed E-state index contributed by atoms with van der Waals surface area (Å²) in [5.74, 6) is -1.00. The number of hydrogen-bond acceptors (Lipinski definition) is 5. The maximum absolute atomic E-state index is 12.5. The predicted molar refractivity (Wildman–Crippen MR) is 79.0 cm³/mol. The number of anilines is 1. The van der Waals surface area contributed by atoms with Gasteiger partial charge < -0.3 is 14.8 Å². The Balaban J connectivity index is 2.48. The molecule has 0 bridgehead atoms. The minimum atomic E-state index is -1.14. The molecule has 0 aliphatic carbocycles. The number of aromatic nitrogens is 1. The highest BCUT2D eigenvalue weighted by atomic mass is 16.4. The summed E-state index contributed by atoms with van der Waals surface area (Å²) in [6.07, 6.45) is 0. The molecular formula is C15H12N2O4.